The Balaban J connectivity index is 1.74. The van der Waals surface area contributed by atoms with E-state index in [0.717, 1.165) is 22.6 Å². The first-order valence-corrected chi connectivity index (χ1v) is 9.23. The molecule has 0 aromatic heterocycles. The third kappa shape index (κ3) is 4.94. The molecule has 0 saturated carbocycles. The van der Waals surface area contributed by atoms with Crippen molar-refractivity contribution in [2.24, 2.45) is 0 Å². The second-order valence-corrected chi connectivity index (χ2v) is 7.22. The molecule has 0 unspecified atom stereocenters. The molecule has 4 heteroatoms. The van der Waals surface area contributed by atoms with Crippen LogP contribution in [0.4, 0.5) is 5.69 Å². The zero-order valence-electron chi connectivity index (χ0n) is 14.9. The van der Waals surface area contributed by atoms with Gasteiger partial charge in [-0.05, 0) is 66.9 Å². The first-order chi connectivity index (χ1) is 12.5. The normalized spacial score (nSPS) is 10.6. The van der Waals surface area contributed by atoms with Gasteiger partial charge in [0.05, 0.1) is 0 Å². The van der Waals surface area contributed by atoms with Gasteiger partial charge in [0.15, 0.2) is 0 Å². The van der Waals surface area contributed by atoms with Gasteiger partial charge in [0, 0.05) is 27.8 Å². The summed E-state index contributed by atoms with van der Waals surface area (Å²) in [5.41, 5.74) is 5.59. The highest BCUT2D eigenvalue weighted by molar-refractivity contribution is 6.30. The second-order valence-electron chi connectivity index (χ2n) is 6.34. The molecule has 0 radical (unpaired) electrons. The number of hydrogen-bond donors (Lipinski definition) is 1. The second kappa shape index (κ2) is 8.48. The van der Waals surface area contributed by atoms with Crippen LogP contribution in [0.2, 0.25) is 10.0 Å². The predicted octanol–water partition coefficient (Wildman–Crippen LogP) is 6.80. The average Bonchev–Trinajstić information content (AvgIpc) is 2.62. The Morgan fingerprint density at radius 2 is 1.69 bits per heavy atom. The number of rotatable bonds is 6. The summed E-state index contributed by atoms with van der Waals surface area (Å²) in [5, 5.41) is 4.89. The highest BCUT2D eigenvalue weighted by Gasteiger charge is 2.07. The molecule has 2 nitrogen and oxygen atoms in total. The SMILES string of the molecule is Cc1ccc(C)c(NCc2cc(Cl)ccc2OCc2cccc(Cl)c2)c1. The van der Waals surface area contributed by atoms with E-state index in [0.29, 0.717) is 23.2 Å². The first-order valence-electron chi connectivity index (χ1n) is 8.48. The van der Waals surface area contributed by atoms with Crippen molar-refractivity contribution in [1.82, 2.24) is 0 Å². The van der Waals surface area contributed by atoms with Crippen molar-refractivity contribution >= 4 is 28.9 Å². The van der Waals surface area contributed by atoms with Crippen molar-refractivity contribution in [3.63, 3.8) is 0 Å². The van der Waals surface area contributed by atoms with Crippen molar-refractivity contribution in [3.8, 4) is 5.75 Å². The Labute approximate surface area is 164 Å². The molecule has 0 saturated heterocycles. The fourth-order valence-corrected chi connectivity index (χ4v) is 3.14. The lowest BCUT2D eigenvalue weighted by Gasteiger charge is -2.15. The van der Waals surface area contributed by atoms with Crippen LogP contribution >= 0.6 is 23.2 Å². The number of ether oxygens (including phenoxy) is 1. The van der Waals surface area contributed by atoms with Gasteiger partial charge in [-0.15, -0.1) is 0 Å². The van der Waals surface area contributed by atoms with Crippen LogP contribution in [0.25, 0.3) is 0 Å². The summed E-state index contributed by atoms with van der Waals surface area (Å²) in [6, 6.07) is 19.7. The Morgan fingerprint density at radius 1 is 0.885 bits per heavy atom. The zero-order valence-corrected chi connectivity index (χ0v) is 16.4. The molecule has 0 atom stereocenters. The zero-order chi connectivity index (χ0) is 18.5. The number of halogens is 2. The molecular formula is C22H21Cl2NO. The quantitative estimate of drug-likeness (QED) is 0.503. The van der Waals surface area contributed by atoms with E-state index in [2.05, 4.69) is 37.4 Å². The van der Waals surface area contributed by atoms with Crippen molar-refractivity contribution in [2.75, 3.05) is 5.32 Å². The highest BCUT2D eigenvalue weighted by Crippen LogP contribution is 2.26. The van der Waals surface area contributed by atoms with Gasteiger partial charge in [-0.2, -0.15) is 0 Å². The lowest BCUT2D eigenvalue weighted by atomic mass is 10.1. The molecule has 0 amide bonds. The summed E-state index contributed by atoms with van der Waals surface area (Å²) in [6.07, 6.45) is 0. The van der Waals surface area contributed by atoms with Gasteiger partial charge in [-0.1, -0.05) is 47.5 Å². The number of nitrogens with one attached hydrogen (secondary N) is 1. The van der Waals surface area contributed by atoms with Crippen molar-refractivity contribution in [1.29, 1.82) is 0 Å². The molecule has 26 heavy (non-hydrogen) atoms. The van der Waals surface area contributed by atoms with Crippen molar-refractivity contribution in [2.45, 2.75) is 27.0 Å². The van der Waals surface area contributed by atoms with Gasteiger partial charge in [0.1, 0.15) is 12.4 Å². The largest absolute Gasteiger partial charge is 0.489 e. The van der Waals surface area contributed by atoms with Gasteiger partial charge >= 0.3 is 0 Å². The molecule has 1 N–H and O–H groups in total. The number of anilines is 1. The van der Waals surface area contributed by atoms with E-state index in [1.54, 1.807) is 0 Å². The number of aryl methyl sites for hydroxylation is 2. The van der Waals surface area contributed by atoms with E-state index < -0.39 is 0 Å². The van der Waals surface area contributed by atoms with Crippen LogP contribution in [0.1, 0.15) is 22.3 Å². The topological polar surface area (TPSA) is 21.3 Å². The maximum Gasteiger partial charge on any atom is 0.124 e. The van der Waals surface area contributed by atoms with Crippen LogP contribution in [0.15, 0.2) is 60.7 Å². The van der Waals surface area contributed by atoms with E-state index in [4.69, 9.17) is 27.9 Å². The summed E-state index contributed by atoms with van der Waals surface area (Å²) in [4.78, 5) is 0. The molecule has 0 heterocycles. The van der Waals surface area contributed by atoms with E-state index in [1.807, 2.05) is 42.5 Å². The fourth-order valence-electron chi connectivity index (χ4n) is 2.73. The standard InChI is InChI=1S/C22H21Cl2NO/c1-15-6-7-16(2)21(10-15)25-13-18-12-20(24)8-9-22(18)26-14-17-4-3-5-19(23)11-17/h3-12,25H,13-14H2,1-2H3. The van der Waals surface area contributed by atoms with Crippen LogP contribution in [0.3, 0.4) is 0 Å². The predicted molar refractivity (Wildman–Crippen MR) is 110 cm³/mol. The molecule has 0 bridgehead atoms. The summed E-state index contributed by atoms with van der Waals surface area (Å²) >= 11 is 12.2. The molecule has 0 aliphatic carbocycles. The molecule has 3 aromatic carbocycles. The van der Waals surface area contributed by atoms with Crippen LogP contribution in [-0.2, 0) is 13.2 Å². The molecule has 0 aliphatic heterocycles. The third-order valence-electron chi connectivity index (χ3n) is 4.17. The van der Waals surface area contributed by atoms with Gasteiger partial charge < -0.3 is 10.1 Å². The molecule has 134 valence electrons. The molecule has 0 fully saturated rings. The van der Waals surface area contributed by atoms with Crippen molar-refractivity contribution < 1.29 is 4.74 Å². The fraction of sp³-hybridized carbons (Fsp3) is 0.182. The number of benzene rings is 3. The van der Waals surface area contributed by atoms with Gasteiger partial charge in [-0.3, -0.25) is 0 Å². The maximum absolute atomic E-state index is 6.19. The van der Waals surface area contributed by atoms with Crippen LogP contribution < -0.4 is 10.1 Å². The Kier molecular flexibility index (Phi) is 6.08. The van der Waals surface area contributed by atoms with Gasteiger partial charge in [0.25, 0.3) is 0 Å². The molecular weight excluding hydrogens is 365 g/mol. The monoisotopic (exact) mass is 385 g/mol. The van der Waals surface area contributed by atoms with Crippen molar-refractivity contribution in [3.05, 3.63) is 93.0 Å². The van der Waals surface area contributed by atoms with E-state index in [1.165, 1.54) is 11.1 Å². The van der Waals surface area contributed by atoms with Crippen LogP contribution in [0.5, 0.6) is 5.75 Å². The highest BCUT2D eigenvalue weighted by atomic mass is 35.5. The first kappa shape index (κ1) is 18.6. The average molecular weight is 386 g/mol. The molecule has 0 spiro atoms. The molecule has 3 rings (SSSR count). The number of hydrogen-bond acceptors (Lipinski definition) is 2. The lowest BCUT2D eigenvalue weighted by Crippen LogP contribution is -2.05. The van der Waals surface area contributed by atoms with E-state index in [9.17, 15) is 0 Å². The Bertz CT molecular complexity index is 908. The van der Waals surface area contributed by atoms with Gasteiger partial charge in [0.2, 0.25) is 0 Å². The lowest BCUT2D eigenvalue weighted by molar-refractivity contribution is 0.303. The van der Waals surface area contributed by atoms with Crippen LogP contribution in [-0.4, -0.2) is 0 Å². The van der Waals surface area contributed by atoms with Gasteiger partial charge in [-0.25, -0.2) is 0 Å². The smallest absolute Gasteiger partial charge is 0.124 e. The minimum absolute atomic E-state index is 0.457. The minimum Gasteiger partial charge on any atom is -0.489 e. The Morgan fingerprint density at radius 3 is 2.50 bits per heavy atom. The summed E-state index contributed by atoms with van der Waals surface area (Å²) in [7, 11) is 0. The van der Waals surface area contributed by atoms with Crippen LogP contribution in [0, 0.1) is 13.8 Å². The van der Waals surface area contributed by atoms with E-state index >= 15 is 0 Å². The molecule has 0 aliphatic rings. The third-order valence-corrected chi connectivity index (χ3v) is 4.64. The summed E-state index contributed by atoms with van der Waals surface area (Å²) < 4.78 is 6.02. The summed E-state index contributed by atoms with van der Waals surface area (Å²) in [6.45, 7) is 5.27. The molecule has 3 aromatic rings. The Hall–Kier alpha value is -2.16. The minimum atomic E-state index is 0.457. The maximum atomic E-state index is 6.19. The van der Waals surface area contributed by atoms with E-state index in [-0.39, 0.29) is 0 Å². The summed E-state index contributed by atoms with van der Waals surface area (Å²) in [5.74, 6) is 0.812.